The molecule has 5 atom stereocenters. The van der Waals surface area contributed by atoms with Gasteiger partial charge in [-0.2, -0.15) is 0 Å². The minimum Gasteiger partial charge on any atom is -0.461 e. The predicted molar refractivity (Wildman–Crippen MR) is 228 cm³/mol. The number of carbonyl (C=O) groups excluding carboxylic acids is 5. The summed E-state index contributed by atoms with van der Waals surface area (Å²) in [5, 5.41) is 23.5. The zero-order valence-corrected chi connectivity index (χ0v) is 35.9. The number of amides is 4. The number of aromatic nitrogens is 2. The molecule has 1 aliphatic carbocycles. The van der Waals surface area contributed by atoms with Crippen LogP contribution in [0.25, 0.3) is 0 Å². The molecule has 328 valence electrons. The van der Waals surface area contributed by atoms with E-state index in [-0.39, 0.29) is 56.6 Å². The number of rotatable bonds is 22. The number of hydrogen-bond donors (Lipinski definition) is 6. The van der Waals surface area contributed by atoms with Crippen molar-refractivity contribution in [1.29, 1.82) is 0 Å². The van der Waals surface area contributed by atoms with E-state index in [1.165, 1.54) is 6.33 Å². The minimum absolute atomic E-state index is 0.00116. The first-order chi connectivity index (χ1) is 28.6. The summed E-state index contributed by atoms with van der Waals surface area (Å²) in [6, 6.07) is 15.6. The zero-order chi connectivity index (χ0) is 43.5. The Morgan fingerprint density at radius 2 is 1.45 bits per heavy atom. The van der Waals surface area contributed by atoms with E-state index < -0.39 is 59.6 Å². The van der Waals surface area contributed by atoms with Gasteiger partial charge in [0.15, 0.2) is 0 Å². The summed E-state index contributed by atoms with van der Waals surface area (Å²) in [4.78, 5) is 74.5. The second-order valence-electron chi connectivity index (χ2n) is 17.4. The lowest BCUT2D eigenvalue weighted by Crippen LogP contribution is -2.58. The molecule has 1 aliphatic rings. The highest BCUT2D eigenvalue weighted by atomic mass is 16.6. The van der Waals surface area contributed by atoms with Crippen LogP contribution in [0.5, 0.6) is 0 Å². The van der Waals surface area contributed by atoms with Gasteiger partial charge in [-0.05, 0) is 63.0 Å². The number of imidazole rings is 1. The van der Waals surface area contributed by atoms with E-state index in [9.17, 15) is 29.1 Å². The second-order valence-corrected chi connectivity index (χ2v) is 17.4. The standard InChI is InChI=1S/C46H66N6O8/c1-31(2)23-35(42(55)48-22-21-41(54)59-29-34-19-13-8-14-20-34)26-40(53)37(24-32-15-9-6-10-16-32)50-44(57)39(27-36-28-47-30-49-36)51-43(56)38(25-33-17-11-7-12-18-33)52-45(58)60-46(3,4)5/h7-8,11-14,17-20,28,30-32,35,37-40,53H,6,9-10,15-16,21-27,29H2,1-5H3,(H,47,49)(H,48,55)(H,50,57)(H,51,56)(H,52,58). The van der Waals surface area contributed by atoms with E-state index in [1.54, 1.807) is 27.0 Å². The van der Waals surface area contributed by atoms with Gasteiger partial charge in [0.1, 0.15) is 24.3 Å². The minimum atomic E-state index is -1.12. The molecule has 0 bridgehead atoms. The molecule has 4 amide bonds. The van der Waals surface area contributed by atoms with Crippen LogP contribution in [-0.2, 0) is 48.1 Å². The molecule has 1 saturated carbocycles. The molecule has 60 heavy (non-hydrogen) atoms. The Kier molecular flexibility index (Phi) is 19.1. The molecule has 14 nitrogen and oxygen atoms in total. The normalized spacial score (nSPS) is 15.8. The molecule has 0 spiro atoms. The molecular weight excluding hydrogens is 765 g/mol. The molecule has 0 aliphatic heterocycles. The Labute approximate surface area is 354 Å². The number of H-pyrrole nitrogens is 1. The summed E-state index contributed by atoms with van der Waals surface area (Å²) in [5.41, 5.74) is 1.45. The van der Waals surface area contributed by atoms with Crippen molar-refractivity contribution < 1.29 is 38.6 Å². The lowest BCUT2D eigenvalue weighted by molar-refractivity contribution is -0.145. The van der Waals surface area contributed by atoms with E-state index >= 15 is 0 Å². The topological polar surface area (TPSA) is 201 Å². The quantitative estimate of drug-likeness (QED) is 0.0689. The Balaban J connectivity index is 1.49. The van der Waals surface area contributed by atoms with Crippen LogP contribution in [0.15, 0.2) is 73.2 Å². The number of ether oxygens (including phenoxy) is 2. The third kappa shape index (κ3) is 17.5. The van der Waals surface area contributed by atoms with Gasteiger partial charge in [0.05, 0.1) is 24.9 Å². The molecule has 2 aromatic carbocycles. The van der Waals surface area contributed by atoms with Crippen LogP contribution in [-0.4, -0.2) is 81.2 Å². The molecule has 1 heterocycles. The molecule has 6 N–H and O–H groups in total. The maximum absolute atomic E-state index is 14.4. The maximum atomic E-state index is 14.4. The van der Waals surface area contributed by atoms with Gasteiger partial charge in [-0.1, -0.05) is 107 Å². The smallest absolute Gasteiger partial charge is 0.408 e. The van der Waals surface area contributed by atoms with Gasteiger partial charge in [-0.25, -0.2) is 9.78 Å². The van der Waals surface area contributed by atoms with Gasteiger partial charge in [-0.3, -0.25) is 19.2 Å². The van der Waals surface area contributed by atoms with Gasteiger partial charge in [0.25, 0.3) is 0 Å². The van der Waals surface area contributed by atoms with E-state index in [0.717, 1.165) is 43.2 Å². The molecule has 1 aromatic heterocycles. The van der Waals surface area contributed by atoms with Gasteiger partial charge >= 0.3 is 12.1 Å². The first kappa shape index (κ1) is 47.4. The number of nitrogens with zero attached hydrogens (tertiary/aromatic N) is 1. The largest absolute Gasteiger partial charge is 0.461 e. The molecular formula is C46H66N6O8. The summed E-state index contributed by atoms with van der Waals surface area (Å²) in [6.07, 6.45) is 7.60. The van der Waals surface area contributed by atoms with Crippen LogP contribution in [0, 0.1) is 17.8 Å². The van der Waals surface area contributed by atoms with Crippen molar-refractivity contribution in [3.63, 3.8) is 0 Å². The second kappa shape index (κ2) is 24.1. The van der Waals surface area contributed by atoms with E-state index in [4.69, 9.17) is 9.47 Å². The fraction of sp³-hybridized carbons (Fsp3) is 0.565. The Morgan fingerprint density at radius 1 is 0.817 bits per heavy atom. The third-order valence-corrected chi connectivity index (χ3v) is 10.5. The van der Waals surface area contributed by atoms with Gasteiger partial charge in [-0.15, -0.1) is 0 Å². The van der Waals surface area contributed by atoms with Crippen LogP contribution in [0.2, 0.25) is 0 Å². The summed E-state index contributed by atoms with van der Waals surface area (Å²) >= 11 is 0. The Bertz CT molecular complexity index is 1760. The van der Waals surface area contributed by atoms with Gasteiger partial charge < -0.3 is 40.8 Å². The SMILES string of the molecule is CC(C)CC(CC(O)C(CC1CCCCC1)NC(=O)C(Cc1cnc[nH]1)NC(=O)C(Cc1ccccc1)NC(=O)OC(C)(C)C)C(=O)NCCC(=O)OCc1ccccc1. The predicted octanol–water partition coefficient (Wildman–Crippen LogP) is 5.69. The van der Waals surface area contributed by atoms with E-state index in [0.29, 0.717) is 18.5 Å². The van der Waals surface area contributed by atoms with E-state index in [2.05, 4.69) is 31.2 Å². The van der Waals surface area contributed by atoms with E-state index in [1.807, 2.05) is 74.5 Å². The Morgan fingerprint density at radius 3 is 2.07 bits per heavy atom. The van der Waals surface area contributed by atoms with Crippen LogP contribution in [0.4, 0.5) is 4.79 Å². The van der Waals surface area contributed by atoms with Crippen LogP contribution in [0.3, 0.4) is 0 Å². The number of alkyl carbamates (subject to hydrolysis) is 1. The Hall–Kier alpha value is -5.24. The van der Waals surface area contributed by atoms with Crippen molar-refractivity contribution in [3.05, 3.63) is 90.0 Å². The first-order valence-corrected chi connectivity index (χ1v) is 21.4. The van der Waals surface area contributed by atoms with Crippen molar-refractivity contribution in [2.24, 2.45) is 17.8 Å². The number of aliphatic hydroxyl groups is 1. The summed E-state index contributed by atoms with van der Waals surface area (Å²) in [6.45, 7) is 9.42. The van der Waals surface area contributed by atoms with Crippen LogP contribution in [0.1, 0.15) is 109 Å². The van der Waals surface area contributed by atoms with Crippen LogP contribution < -0.4 is 21.3 Å². The number of hydrogen-bond acceptors (Lipinski definition) is 9. The van der Waals surface area contributed by atoms with Crippen molar-refractivity contribution >= 4 is 29.8 Å². The van der Waals surface area contributed by atoms with Gasteiger partial charge in [0, 0.05) is 37.2 Å². The first-order valence-electron chi connectivity index (χ1n) is 21.4. The third-order valence-electron chi connectivity index (χ3n) is 10.5. The molecule has 5 unspecified atom stereocenters. The van der Waals surface area contributed by atoms with Crippen molar-refractivity contribution in [2.75, 3.05) is 6.54 Å². The zero-order valence-electron chi connectivity index (χ0n) is 35.9. The van der Waals surface area contributed by atoms with Crippen molar-refractivity contribution in [3.8, 4) is 0 Å². The number of esters is 1. The average molecular weight is 831 g/mol. The average Bonchev–Trinajstić information content (AvgIpc) is 3.72. The molecule has 14 heteroatoms. The van der Waals surface area contributed by atoms with Crippen molar-refractivity contribution in [2.45, 2.75) is 142 Å². The number of aliphatic hydroxyl groups excluding tert-OH is 1. The molecule has 4 rings (SSSR count). The molecule has 0 radical (unpaired) electrons. The van der Waals surface area contributed by atoms with Crippen molar-refractivity contribution in [1.82, 2.24) is 31.2 Å². The number of benzene rings is 2. The fourth-order valence-corrected chi connectivity index (χ4v) is 7.56. The molecule has 1 fully saturated rings. The highest BCUT2D eigenvalue weighted by Crippen LogP contribution is 2.30. The lowest BCUT2D eigenvalue weighted by Gasteiger charge is -2.33. The monoisotopic (exact) mass is 830 g/mol. The molecule has 0 saturated heterocycles. The summed E-state index contributed by atoms with van der Waals surface area (Å²) < 4.78 is 10.8. The highest BCUT2D eigenvalue weighted by molar-refractivity contribution is 5.91. The maximum Gasteiger partial charge on any atom is 0.408 e. The summed E-state index contributed by atoms with van der Waals surface area (Å²) in [5.74, 6) is -2.04. The molecule has 3 aromatic rings. The highest BCUT2D eigenvalue weighted by Gasteiger charge is 2.34. The lowest BCUT2D eigenvalue weighted by atomic mass is 9.81. The fourth-order valence-electron chi connectivity index (χ4n) is 7.56. The number of carbonyl (C=O) groups is 5. The van der Waals surface area contributed by atoms with Gasteiger partial charge in [0.2, 0.25) is 17.7 Å². The summed E-state index contributed by atoms with van der Waals surface area (Å²) in [7, 11) is 0. The van der Waals surface area contributed by atoms with Crippen LogP contribution >= 0.6 is 0 Å². The number of aromatic amines is 1. The number of nitrogens with one attached hydrogen (secondary N) is 5.